The first kappa shape index (κ1) is 24.3. The van der Waals surface area contributed by atoms with Gasteiger partial charge in [-0.05, 0) is 12.8 Å². The molecule has 0 bridgehead atoms. The highest BCUT2D eigenvalue weighted by atomic mass is 31.3. The molecule has 1 unspecified atom stereocenters. The summed E-state index contributed by atoms with van der Waals surface area (Å²) >= 11 is 0. The van der Waals surface area contributed by atoms with Gasteiger partial charge in [-0.3, -0.25) is 14.3 Å². The molecule has 2 heterocycles. The average molecular weight is 426 g/mol. The second-order valence-electron chi connectivity index (χ2n) is 5.07. The summed E-state index contributed by atoms with van der Waals surface area (Å²) in [6.45, 7) is -1.00. The summed E-state index contributed by atoms with van der Waals surface area (Å²) in [6, 6.07) is -0.388. The smallest absolute Gasteiger partial charge is 0.391 e. The lowest BCUT2D eigenvalue weighted by Crippen LogP contribution is -2.34. The van der Waals surface area contributed by atoms with Gasteiger partial charge in [-0.1, -0.05) is 0 Å². The Morgan fingerprint density at radius 2 is 1.89 bits per heavy atom. The van der Waals surface area contributed by atoms with Gasteiger partial charge in [0.25, 0.3) is 5.56 Å². The minimum absolute atomic E-state index is 0.128. The van der Waals surface area contributed by atoms with Crippen molar-refractivity contribution in [1.82, 2.24) is 9.55 Å². The summed E-state index contributed by atoms with van der Waals surface area (Å²) < 4.78 is 14.0. The lowest BCUT2D eigenvalue weighted by molar-refractivity contribution is 0.0336. The molecule has 0 spiro atoms. The van der Waals surface area contributed by atoms with Gasteiger partial charge >= 0.3 is 22.0 Å². The Hall–Kier alpha value is -0.690. The van der Waals surface area contributed by atoms with Crippen molar-refractivity contribution in [2.45, 2.75) is 31.7 Å². The van der Waals surface area contributed by atoms with E-state index in [1.165, 1.54) is 10.8 Å². The molecule has 17 heteroatoms. The van der Waals surface area contributed by atoms with Crippen LogP contribution in [0, 0.1) is 0 Å². The lowest BCUT2D eigenvalue weighted by atomic mass is 9.98. The Morgan fingerprint density at radius 3 is 2.33 bits per heavy atom. The fourth-order valence-corrected chi connectivity index (χ4v) is 3.49. The van der Waals surface area contributed by atoms with Crippen molar-refractivity contribution in [2.24, 2.45) is 0 Å². The number of H-pyrrole nitrogens is 1. The topological polar surface area (TPSA) is 204 Å². The first-order chi connectivity index (χ1) is 12.4. The summed E-state index contributed by atoms with van der Waals surface area (Å²) in [5.74, 6) is 0. The third-order valence-electron chi connectivity index (χ3n) is 3.01. The fraction of sp³-hybridized carbons (Fsp3) is 0.600. The highest BCUT2D eigenvalue weighted by molar-refractivity contribution is 7.67. The summed E-state index contributed by atoms with van der Waals surface area (Å²) in [5, 5.41) is 8.93. The van der Waals surface area contributed by atoms with Gasteiger partial charge in [-0.2, -0.15) is 29.0 Å². The molecule has 1 aliphatic rings. The number of aliphatic hydroxyl groups is 1. The van der Waals surface area contributed by atoms with Gasteiger partial charge in [0.1, 0.15) is 21.9 Å². The molecule has 0 amide bonds. The Kier molecular flexibility index (Phi) is 9.19. The van der Waals surface area contributed by atoms with Crippen molar-refractivity contribution in [3.8, 4) is 0 Å². The van der Waals surface area contributed by atoms with Crippen LogP contribution < -0.4 is 11.2 Å². The summed E-state index contributed by atoms with van der Waals surface area (Å²) in [6.07, 6.45) is 2.11. The maximum absolute atomic E-state index is 11.5. The molecule has 4 radical (unpaired) electrons. The quantitative estimate of drug-likeness (QED) is 0.184. The second kappa shape index (κ2) is 10.2. The van der Waals surface area contributed by atoms with Gasteiger partial charge in [0.2, 0.25) is 0 Å². The van der Waals surface area contributed by atoms with E-state index >= 15 is 0 Å². The maximum atomic E-state index is 11.5. The maximum Gasteiger partial charge on any atom is 0.619 e. The molecule has 2 rings (SSSR count). The molecule has 0 aromatic carbocycles. The average Bonchev–Trinajstić information content (AvgIpc) is 2.91. The van der Waals surface area contributed by atoms with E-state index in [0.717, 1.165) is 0 Å². The first-order valence-electron chi connectivity index (χ1n) is 7.22. The predicted octanol–water partition coefficient (Wildman–Crippen LogP) is -2.71. The van der Waals surface area contributed by atoms with E-state index < -0.39 is 46.9 Å². The Labute approximate surface area is 156 Å². The Morgan fingerprint density at radius 1 is 1.26 bits per heavy atom. The molecule has 1 saturated heterocycles. The van der Waals surface area contributed by atoms with E-state index in [-0.39, 0.29) is 11.6 Å². The summed E-state index contributed by atoms with van der Waals surface area (Å²) in [7, 11) is 1.17. The number of aromatic nitrogens is 2. The van der Waals surface area contributed by atoms with Crippen molar-refractivity contribution < 1.29 is 43.1 Å². The molecule has 1 fully saturated rings. The van der Waals surface area contributed by atoms with Crippen LogP contribution in [0.2, 0.25) is 0 Å². The van der Waals surface area contributed by atoms with Crippen LogP contribution in [0.15, 0.2) is 15.8 Å². The van der Waals surface area contributed by atoms with E-state index in [2.05, 4.69) is 13.8 Å². The third kappa shape index (κ3) is 8.46. The Bertz CT molecular complexity index is 722. The summed E-state index contributed by atoms with van der Waals surface area (Å²) in [4.78, 5) is 66.4. The van der Waals surface area contributed by atoms with Crippen molar-refractivity contribution in [3.05, 3.63) is 32.6 Å². The zero-order chi connectivity index (χ0) is 20.8. The molecule has 1 aromatic rings. The normalized spacial score (nSPS) is 20.2. The third-order valence-corrected chi connectivity index (χ3v) is 5.22. The van der Waals surface area contributed by atoms with E-state index in [9.17, 15) is 9.59 Å². The monoisotopic (exact) mass is 426 g/mol. The molecule has 1 aliphatic heterocycles. The number of hydrogen-bond donors (Lipinski definition) is 7. The number of nitrogens with one attached hydrogen (secondary N) is 1. The summed E-state index contributed by atoms with van der Waals surface area (Å²) in [5.41, 5.74) is -1.00. The van der Waals surface area contributed by atoms with E-state index in [0.29, 0.717) is 12.8 Å². The van der Waals surface area contributed by atoms with Crippen LogP contribution in [0.4, 0.5) is 0 Å². The van der Waals surface area contributed by atoms with Gasteiger partial charge < -0.3 is 9.84 Å². The van der Waals surface area contributed by atoms with Gasteiger partial charge in [-0.25, -0.2) is 4.79 Å². The first-order valence-corrected chi connectivity index (χ1v) is 10.3. The van der Waals surface area contributed by atoms with Crippen LogP contribution in [0.1, 0.15) is 24.6 Å². The van der Waals surface area contributed by atoms with Crippen LogP contribution in [0.25, 0.3) is 0 Å². The van der Waals surface area contributed by atoms with Gasteiger partial charge in [0, 0.05) is 12.2 Å². The zero-order valence-corrected chi connectivity index (χ0v) is 15.6. The zero-order valence-electron chi connectivity index (χ0n) is 13.8. The molecule has 13 nitrogen and oxygen atoms in total. The molecule has 27 heavy (non-hydrogen) atoms. The lowest BCUT2D eigenvalue weighted by Gasteiger charge is -2.14. The van der Waals surface area contributed by atoms with Gasteiger partial charge in [0.15, 0.2) is 0 Å². The van der Waals surface area contributed by atoms with Crippen molar-refractivity contribution in [3.63, 3.8) is 0 Å². The molecule has 7 N–H and O–H groups in total. The SMILES string of the molecule is [B]CO[P+](O)(O)O[P+](O)(O)O.[B][C@@H]1CCC(n2cc(CO)c(=O)[nH]c2=O)O1. The molecule has 2 atom stereocenters. The van der Waals surface area contributed by atoms with Crippen molar-refractivity contribution in [2.75, 3.05) is 6.51 Å². The second-order valence-corrected chi connectivity index (χ2v) is 7.99. The van der Waals surface area contributed by atoms with Gasteiger partial charge in [-0.15, -0.1) is 0 Å². The van der Waals surface area contributed by atoms with E-state index in [4.69, 9.17) is 50.0 Å². The number of ether oxygens (including phenoxy) is 1. The van der Waals surface area contributed by atoms with Gasteiger partial charge in [0.05, 0.1) is 23.0 Å². The van der Waals surface area contributed by atoms with Crippen molar-refractivity contribution in [1.29, 1.82) is 0 Å². The van der Waals surface area contributed by atoms with Crippen LogP contribution in [-0.2, 0) is 20.2 Å². The van der Waals surface area contributed by atoms with E-state index in [1.54, 1.807) is 0 Å². The highest BCUT2D eigenvalue weighted by Crippen LogP contribution is 2.66. The van der Waals surface area contributed by atoms with E-state index in [1.807, 2.05) is 0 Å². The van der Waals surface area contributed by atoms with Crippen LogP contribution >= 0.6 is 16.3 Å². The van der Waals surface area contributed by atoms with Crippen LogP contribution in [-0.4, -0.2) is 67.3 Å². The highest BCUT2D eigenvalue weighted by Gasteiger charge is 2.57. The molecular weight excluding hydrogens is 408 g/mol. The van der Waals surface area contributed by atoms with Crippen LogP contribution in [0.5, 0.6) is 0 Å². The number of hydrogen-bond acceptors (Lipinski definition) is 11. The number of rotatable bonds is 6. The molecular formula is C10H18B2N2O11P2+2. The number of nitrogens with zero attached hydrogens (tertiary/aromatic N) is 1. The van der Waals surface area contributed by atoms with Crippen LogP contribution in [0.3, 0.4) is 0 Å². The predicted molar refractivity (Wildman–Crippen MR) is 93.9 cm³/mol. The minimum atomic E-state index is -4.70. The Balaban J connectivity index is 0.000000293. The van der Waals surface area contributed by atoms with Crippen molar-refractivity contribution >= 4 is 32.0 Å². The molecule has 148 valence electrons. The largest absolute Gasteiger partial charge is 0.619 e. The number of aliphatic hydroxyl groups excluding tert-OH is 1. The minimum Gasteiger partial charge on any atom is -0.391 e. The standard InChI is InChI=1S/C9H11BN2O4.CH7BO7P2/c10-6-1-2-7(16-6)12-3-5(4-13)8(14)11-9(12)15;2-1-8-11(6,7)9-10(3,4)5/h3,6-7,13H,1-2,4H2,(H,11,14,15);3-7H,1H2/q;+2/t6-,7?;/m0./s1. The molecule has 0 saturated carbocycles. The number of aromatic amines is 1. The fourth-order valence-electron chi connectivity index (χ4n) is 1.97. The molecule has 1 aromatic heterocycles. The molecule has 0 aliphatic carbocycles.